The molecule has 0 N–H and O–H groups in total. The van der Waals surface area contributed by atoms with Crippen molar-refractivity contribution < 1.29 is 23.1 Å². The first kappa shape index (κ1) is 13.9. The Morgan fingerprint density at radius 3 is 2.41 bits per heavy atom. The van der Waals surface area contributed by atoms with Crippen molar-refractivity contribution in [2.45, 2.75) is 6.16 Å². The number of carbonyl (C=O) groups excluding carboxylic acids is 1. The number of hydrogen-bond donors (Lipinski definition) is 0. The van der Waals surface area contributed by atoms with Gasteiger partial charge in [-0.25, -0.2) is 4.79 Å². The van der Waals surface area contributed by atoms with Crippen molar-refractivity contribution in [3.8, 4) is 0 Å². The van der Waals surface area contributed by atoms with Gasteiger partial charge >= 0.3 is 13.6 Å². The van der Waals surface area contributed by atoms with Gasteiger partial charge in [0.25, 0.3) is 0 Å². The van der Waals surface area contributed by atoms with Crippen molar-refractivity contribution in [2.75, 3.05) is 21.3 Å². The lowest BCUT2D eigenvalue weighted by atomic mass is 10.1. The number of carbonyl (C=O) groups is 1. The largest absolute Gasteiger partial charge is 0.465 e. The van der Waals surface area contributed by atoms with Gasteiger partial charge in [0.05, 0.1) is 18.8 Å². The van der Waals surface area contributed by atoms with Crippen LogP contribution in [0.5, 0.6) is 0 Å². The normalized spacial score (nSPS) is 11.2. The van der Waals surface area contributed by atoms with Crippen molar-refractivity contribution in [2.24, 2.45) is 0 Å². The Morgan fingerprint density at radius 1 is 1.24 bits per heavy atom. The van der Waals surface area contributed by atoms with E-state index in [1.165, 1.54) is 21.3 Å². The van der Waals surface area contributed by atoms with Crippen LogP contribution in [0.3, 0.4) is 0 Å². The molecule has 0 spiro atoms. The summed E-state index contributed by atoms with van der Waals surface area (Å²) in [6.45, 7) is 0. The Bertz CT molecular complexity index is 435. The van der Waals surface area contributed by atoms with Crippen molar-refractivity contribution in [1.29, 1.82) is 0 Å². The third-order valence-electron chi connectivity index (χ3n) is 2.28. The summed E-state index contributed by atoms with van der Waals surface area (Å²) < 4.78 is 26.2. The topological polar surface area (TPSA) is 61.8 Å². The minimum Gasteiger partial charge on any atom is -0.465 e. The summed E-state index contributed by atoms with van der Waals surface area (Å²) >= 11 is 0. The van der Waals surface area contributed by atoms with Gasteiger partial charge in [0, 0.05) is 14.2 Å². The molecule has 0 bridgehead atoms. The van der Waals surface area contributed by atoms with Gasteiger partial charge in [0.1, 0.15) is 0 Å². The summed E-state index contributed by atoms with van der Waals surface area (Å²) in [6.07, 6.45) is 0.116. The van der Waals surface area contributed by atoms with Crippen molar-refractivity contribution in [3.05, 3.63) is 35.4 Å². The molecule has 5 nitrogen and oxygen atoms in total. The van der Waals surface area contributed by atoms with Gasteiger partial charge in [-0.05, 0) is 17.7 Å². The lowest BCUT2D eigenvalue weighted by Gasteiger charge is -2.13. The van der Waals surface area contributed by atoms with E-state index >= 15 is 0 Å². The van der Waals surface area contributed by atoms with E-state index in [0.29, 0.717) is 11.1 Å². The average Bonchev–Trinajstić information content (AvgIpc) is 2.38. The fourth-order valence-corrected chi connectivity index (χ4v) is 2.39. The Balaban J connectivity index is 2.93. The molecular weight excluding hydrogens is 243 g/mol. The second-order valence-corrected chi connectivity index (χ2v) is 5.59. The number of esters is 1. The molecule has 1 rings (SSSR count). The Labute approximate surface area is 100 Å². The molecule has 0 unspecified atom stereocenters. The van der Waals surface area contributed by atoms with E-state index in [4.69, 9.17) is 9.05 Å². The number of rotatable bonds is 5. The maximum atomic E-state index is 11.9. The molecule has 0 aliphatic heterocycles. The van der Waals surface area contributed by atoms with Crippen LogP contribution in [0.4, 0.5) is 0 Å². The quantitative estimate of drug-likeness (QED) is 0.599. The zero-order chi connectivity index (χ0) is 12.9. The zero-order valence-corrected chi connectivity index (χ0v) is 10.9. The van der Waals surface area contributed by atoms with Crippen LogP contribution in [0.25, 0.3) is 0 Å². The predicted octanol–water partition coefficient (Wildman–Crippen LogP) is 2.46. The van der Waals surface area contributed by atoms with E-state index in [1.54, 1.807) is 24.3 Å². The monoisotopic (exact) mass is 258 g/mol. The van der Waals surface area contributed by atoms with Crippen molar-refractivity contribution in [3.63, 3.8) is 0 Å². The summed E-state index contributed by atoms with van der Waals surface area (Å²) in [6, 6.07) is 6.67. The van der Waals surface area contributed by atoms with E-state index in [-0.39, 0.29) is 6.16 Å². The second kappa shape index (κ2) is 5.96. The standard InChI is InChI=1S/C11H15O5P/c1-14-11(12)10-6-4-5-9(7-10)8-17(13,15-2)16-3/h4-7H,8H2,1-3H3. The summed E-state index contributed by atoms with van der Waals surface area (Å²) in [5.74, 6) is -0.434. The zero-order valence-electron chi connectivity index (χ0n) is 10.0. The Morgan fingerprint density at radius 2 is 1.88 bits per heavy atom. The van der Waals surface area contributed by atoms with Gasteiger partial charge in [0.2, 0.25) is 0 Å². The molecule has 94 valence electrons. The lowest BCUT2D eigenvalue weighted by Crippen LogP contribution is -2.02. The number of methoxy groups -OCH3 is 1. The molecule has 0 aliphatic rings. The number of ether oxygens (including phenoxy) is 1. The molecule has 0 atom stereocenters. The highest BCUT2D eigenvalue weighted by molar-refractivity contribution is 7.52. The maximum absolute atomic E-state index is 11.9. The van der Waals surface area contributed by atoms with Crippen LogP contribution < -0.4 is 0 Å². The highest BCUT2D eigenvalue weighted by Gasteiger charge is 2.22. The average molecular weight is 258 g/mol. The van der Waals surface area contributed by atoms with Gasteiger partial charge in [-0.2, -0.15) is 0 Å². The lowest BCUT2D eigenvalue weighted by molar-refractivity contribution is 0.0600. The summed E-state index contributed by atoms with van der Waals surface area (Å²) in [7, 11) is 0.852. The molecule has 6 heteroatoms. The van der Waals surface area contributed by atoms with E-state index in [1.807, 2.05) is 0 Å². The molecule has 0 saturated carbocycles. The number of hydrogen-bond acceptors (Lipinski definition) is 5. The molecule has 1 aromatic rings. The first-order valence-electron chi connectivity index (χ1n) is 4.92. The molecule has 0 heterocycles. The Kier molecular flexibility index (Phi) is 4.87. The van der Waals surface area contributed by atoms with E-state index < -0.39 is 13.6 Å². The molecular formula is C11H15O5P. The van der Waals surface area contributed by atoms with Gasteiger partial charge in [0.15, 0.2) is 0 Å². The fraction of sp³-hybridized carbons (Fsp3) is 0.364. The molecule has 17 heavy (non-hydrogen) atoms. The fourth-order valence-electron chi connectivity index (χ4n) is 1.34. The summed E-state index contributed by atoms with van der Waals surface area (Å²) in [5.41, 5.74) is 1.10. The molecule has 0 aliphatic carbocycles. The van der Waals surface area contributed by atoms with E-state index in [9.17, 15) is 9.36 Å². The third-order valence-corrected chi connectivity index (χ3v) is 4.15. The predicted molar refractivity (Wildman–Crippen MR) is 63.1 cm³/mol. The molecule has 0 saturated heterocycles. The van der Waals surface area contributed by atoms with E-state index in [2.05, 4.69) is 4.74 Å². The SMILES string of the molecule is COC(=O)c1cccc(CP(=O)(OC)OC)c1. The highest BCUT2D eigenvalue weighted by atomic mass is 31.2. The number of benzene rings is 1. The van der Waals surface area contributed by atoms with Crippen molar-refractivity contribution >= 4 is 13.6 Å². The minimum absolute atomic E-state index is 0.116. The van der Waals surface area contributed by atoms with Gasteiger partial charge in [-0.15, -0.1) is 0 Å². The minimum atomic E-state index is -3.11. The Hall–Kier alpha value is -1.16. The molecule has 0 aromatic heterocycles. The molecule has 1 aromatic carbocycles. The molecule has 0 fully saturated rings. The van der Waals surface area contributed by atoms with Crippen LogP contribution in [0.15, 0.2) is 24.3 Å². The second-order valence-electron chi connectivity index (χ2n) is 3.33. The summed E-state index contributed by atoms with van der Waals surface area (Å²) in [5, 5.41) is 0. The highest BCUT2D eigenvalue weighted by Crippen LogP contribution is 2.49. The first-order chi connectivity index (χ1) is 8.04. The van der Waals surface area contributed by atoms with Crippen LogP contribution >= 0.6 is 7.60 Å². The molecule has 0 radical (unpaired) electrons. The van der Waals surface area contributed by atoms with Crippen LogP contribution in [0.2, 0.25) is 0 Å². The first-order valence-corrected chi connectivity index (χ1v) is 6.65. The van der Waals surface area contributed by atoms with Crippen LogP contribution in [-0.4, -0.2) is 27.3 Å². The molecule has 0 amide bonds. The van der Waals surface area contributed by atoms with E-state index in [0.717, 1.165) is 0 Å². The van der Waals surface area contributed by atoms with Crippen LogP contribution in [-0.2, 0) is 24.5 Å². The van der Waals surface area contributed by atoms with Gasteiger partial charge in [-0.3, -0.25) is 4.57 Å². The van der Waals surface area contributed by atoms with Crippen LogP contribution in [0, 0.1) is 0 Å². The maximum Gasteiger partial charge on any atom is 0.337 e. The van der Waals surface area contributed by atoms with Crippen LogP contribution in [0.1, 0.15) is 15.9 Å². The van der Waals surface area contributed by atoms with Gasteiger partial charge < -0.3 is 13.8 Å². The smallest absolute Gasteiger partial charge is 0.337 e. The summed E-state index contributed by atoms with van der Waals surface area (Å²) in [4.78, 5) is 11.3. The third kappa shape index (κ3) is 3.66. The van der Waals surface area contributed by atoms with Gasteiger partial charge in [-0.1, -0.05) is 12.1 Å². The van der Waals surface area contributed by atoms with Crippen molar-refractivity contribution in [1.82, 2.24) is 0 Å².